The first-order chi connectivity index (χ1) is 7.92. The van der Waals surface area contributed by atoms with Gasteiger partial charge < -0.3 is 15.0 Å². The molecule has 1 aliphatic heterocycles. The van der Waals surface area contributed by atoms with E-state index in [1.807, 2.05) is 6.20 Å². The van der Waals surface area contributed by atoms with Crippen molar-refractivity contribution in [3.05, 3.63) is 30.5 Å². The molecule has 1 unspecified atom stereocenters. The van der Waals surface area contributed by atoms with E-state index in [2.05, 4.69) is 34.6 Å². The summed E-state index contributed by atoms with van der Waals surface area (Å²) < 4.78 is 5.46. The summed E-state index contributed by atoms with van der Waals surface area (Å²) >= 11 is 0. The average Bonchev–Trinajstić information content (AvgIpc) is 2.77. The first-order valence-electron chi connectivity index (χ1n) is 5.83. The Labute approximate surface area is 94.8 Å². The Hall–Kier alpha value is -1.48. The molecular formula is C13H16N2O. The van der Waals surface area contributed by atoms with Gasteiger partial charge in [0.1, 0.15) is 0 Å². The quantitative estimate of drug-likeness (QED) is 0.810. The number of hydrogen-bond donors (Lipinski definition) is 2. The van der Waals surface area contributed by atoms with Crippen LogP contribution in [0.5, 0.6) is 0 Å². The highest BCUT2D eigenvalue weighted by Gasteiger charge is 2.13. The Morgan fingerprint density at radius 3 is 3.19 bits per heavy atom. The number of hydrogen-bond acceptors (Lipinski definition) is 2. The summed E-state index contributed by atoms with van der Waals surface area (Å²) in [6, 6.07) is 8.97. The zero-order chi connectivity index (χ0) is 10.8. The fourth-order valence-electron chi connectivity index (χ4n) is 2.23. The van der Waals surface area contributed by atoms with Crippen molar-refractivity contribution in [3.63, 3.8) is 0 Å². The molecule has 16 heavy (non-hydrogen) atoms. The highest BCUT2D eigenvalue weighted by molar-refractivity contribution is 5.83. The second kappa shape index (κ2) is 4.18. The highest BCUT2D eigenvalue weighted by atomic mass is 16.5. The number of aromatic amines is 1. The van der Waals surface area contributed by atoms with Gasteiger partial charge in [-0.15, -0.1) is 0 Å². The van der Waals surface area contributed by atoms with Crippen LogP contribution in [0.25, 0.3) is 10.9 Å². The summed E-state index contributed by atoms with van der Waals surface area (Å²) in [7, 11) is 0. The predicted molar refractivity (Wildman–Crippen MR) is 65.8 cm³/mol. The van der Waals surface area contributed by atoms with E-state index in [0.29, 0.717) is 6.04 Å². The maximum atomic E-state index is 5.46. The lowest BCUT2D eigenvalue weighted by Gasteiger charge is -2.24. The van der Waals surface area contributed by atoms with Gasteiger partial charge in [-0.25, -0.2) is 0 Å². The van der Waals surface area contributed by atoms with Crippen LogP contribution < -0.4 is 5.32 Å². The number of aromatic nitrogens is 1. The molecule has 1 aromatic carbocycles. The minimum absolute atomic E-state index is 0.463. The smallest absolute Gasteiger partial charge is 0.0667 e. The highest BCUT2D eigenvalue weighted by Crippen LogP contribution is 2.20. The summed E-state index contributed by atoms with van der Waals surface area (Å²) in [5.41, 5.74) is 2.37. The van der Waals surface area contributed by atoms with Gasteiger partial charge in [-0.05, 0) is 37.1 Å². The fraction of sp³-hybridized carbons (Fsp3) is 0.385. The average molecular weight is 216 g/mol. The van der Waals surface area contributed by atoms with Crippen molar-refractivity contribution in [2.75, 3.05) is 18.5 Å². The lowest BCUT2D eigenvalue weighted by molar-refractivity contribution is 0.0876. The van der Waals surface area contributed by atoms with Gasteiger partial charge in [0, 0.05) is 35.4 Å². The van der Waals surface area contributed by atoms with Gasteiger partial charge in [0.25, 0.3) is 0 Å². The van der Waals surface area contributed by atoms with Crippen LogP contribution in [-0.4, -0.2) is 24.2 Å². The number of rotatable bonds is 2. The van der Waals surface area contributed by atoms with Crippen molar-refractivity contribution in [3.8, 4) is 0 Å². The first-order valence-corrected chi connectivity index (χ1v) is 5.83. The van der Waals surface area contributed by atoms with Gasteiger partial charge in [-0.3, -0.25) is 0 Å². The van der Waals surface area contributed by atoms with Gasteiger partial charge in [-0.1, -0.05) is 0 Å². The Bertz CT molecular complexity index is 471. The van der Waals surface area contributed by atoms with Crippen LogP contribution in [0, 0.1) is 0 Å². The second-order valence-corrected chi connectivity index (χ2v) is 4.34. The molecule has 1 atom stereocenters. The molecule has 1 saturated heterocycles. The molecule has 2 aromatic rings. The van der Waals surface area contributed by atoms with Crippen molar-refractivity contribution in [1.29, 1.82) is 0 Å². The molecule has 2 heterocycles. The summed E-state index contributed by atoms with van der Waals surface area (Å²) in [5.74, 6) is 0. The Kier molecular flexibility index (Phi) is 2.54. The van der Waals surface area contributed by atoms with E-state index in [0.717, 1.165) is 19.6 Å². The molecule has 0 amide bonds. The van der Waals surface area contributed by atoms with Crippen LogP contribution in [-0.2, 0) is 4.74 Å². The number of nitrogens with one attached hydrogen (secondary N) is 2. The Morgan fingerprint density at radius 1 is 1.31 bits per heavy atom. The lowest BCUT2D eigenvalue weighted by atomic mass is 10.1. The number of fused-ring (bicyclic) bond motifs is 1. The topological polar surface area (TPSA) is 37.0 Å². The van der Waals surface area contributed by atoms with Gasteiger partial charge >= 0.3 is 0 Å². The molecule has 2 N–H and O–H groups in total. The molecule has 84 valence electrons. The van der Waals surface area contributed by atoms with E-state index in [1.165, 1.54) is 23.0 Å². The van der Waals surface area contributed by atoms with E-state index >= 15 is 0 Å². The fourth-order valence-corrected chi connectivity index (χ4v) is 2.23. The molecule has 3 heteroatoms. The molecule has 0 aliphatic carbocycles. The molecular weight excluding hydrogens is 200 g/mol. The van der Waals surface area contributed by atoms with Crippen LogP contribution in [0.2, 0.25) is 0 Å². The van der Waals surface area contributed by atoms with Crippen molar-refractivity contribution < 1.29 is 4.74 Å². The first kappa shape index (κ1) is 9.73. The van der Waals surface area contributed by atoms with Gasteiger partial charge in [0.2, 0.25) is 0 Å². The minimum atomic E-state index is 0.463. The van der Waals surface area contributed by atoms with Crippen LogP contribution in [0.15, 0.2) is 30.5 Å². The zero-order valence-electron chi connectivity index (χ0n) is 9.20. The molecule has 0 saturated carbocycles. The molecule has 3 rings (SSSR count). The molecule has 3 nitrogen and oxygen atoms in total. The van der Waals surface area contributed by atoms with E-state index < -0.39 is 0 Å². The summed E-state index contributed by atoms with van der Waals surface area (Å²) in [6.45, 7) is 1.74. The molecule has 1 aromatic heterocycles. The number of anilines is 1. The Morgan fingerprint density at radius 2 is 2.31 bits per heavy atom. The number of benzene rings is 1. The molecule has 1 fully saturated rings. The Balaban J connectivity index is 1.77. The second-order valence-electron chi connectivity index (χ2n) is 4.34. The summed E-state index contributed by atoms with van der Waals surface area (Å²) in [5, 5.41) is 4.78. The maximum Gasteiger partial charge on any atom is 0.0667 e. The van der Waals surface area contributed by atoms with E-state index in [4.69, 9.17) is 4.74 Å². The molecule has 0 bridgehead atoms. The van der Waals surface area contributed by atoms with Gasteiger partial charge in [0.05, 0.1) is 6.61 Å². The van der Waals surface area contributed by atoms with Gasteiger partial charge in [-0.2, -0.15) is 0 Å². The number of H-pyrrole nitrogens is 1. The third kappa shape index (κ3) is 1.91. The third-order valence-electron chi connectivity index (χ3n) is 3.08. The SMILES string of the molecule is c1cc2cc(NC3CCCOC3)ccc2[nH]1. The largest absolute Gasteiger partial charge is 0.380 e. The molecule has 0 spiro atoms. The van der Waals surface area contributed by atoms with E-state index in [-0.39, 0.29) is 0 Å². The molecule has 1 aliphatic rings. The van der Waals surface area contributed by atoms with E-state index in [1.54, 1.807) is 0 Å². The number of ether oxygens (including phenoxy) is 1. The summed E-state index contributed by atoms with van der Waals surface area (Å²) in [6.07, 6.45) is 4.33. The van der Waals surface area contributed by atoms with Crippen molar-refractivity contribution in [1.82, 2.24) is 4.98 Å². The normalized spacial score (nSPS) is 21.1. The van der Waals surface area contributed by atoms with Crippen LogP contribution in [0.4, 0.5) is 5.69 Å². The van der Waals surface area contributed by atoms with E-state index in [9.17, 15) is 0 Å². The predicted octanol–water partition coefficient (Wildman–Crippen LogP) is 2.76. The van der Waals surface area contributed by atoms with Crippen LogP contribution in [0.3, 0.4) is 0 Å². The lowest BCUT2D eigenvalue weighted by Crippen LogP contribution is -2.29. The zero-order valence-corrected chi connectivity index (χ0v) is 9.20. The van der Waals surface area contributed by atoms with Crippen molar-refractivity contribution in [2.24, 2.45) is 0 Å². The minimum Gasteiger partial charge on any atom is -0.380 e. The summed E-state index contributed by atoms with van der Waals surface area (Å²) in [4.78, 5) is 3.20. The standard InChI is InChI=1S/C13H16N2O/c1-2-12(9-16-7-1)15-11-3-4-13-10(8-11)5-6-14-13/h3-6,8,12,14-15H,1-2,7,9H2. The third-order valence-corrected chi connectivity index (χ3v) is 3.08. The van der Waals surface area contributed by atoms with Crippen molar-refractivity contribution >= 4 is 16.6 Å². The maximum absolute atomic E-state index is 5.46. The monoisotopic (exact) mass is 216 g/mol. The molecule has 0 radical (unpaired) electrons. The van der Waals surface area contributed by atoms with Crippen LogP contribution >= 0.6 is 0 Å². The van der Waals surface area contributed by atoms with Crippen LogP contribution in [0.1, 0.15) is 12.8 Å². The van der Waals surface area contributed by atoms with Gasteiger partial charge in [0.15, 0.2) is 0 Å². The van der Waals surface area contributed by atoms with Crippen molar-refractivity contribution in [2.45, 2.75) is 18.9 Å².